The van der Waals surface area contributed by atoms with E-state index < -0.39 is 12.0 Å². The second-order valence-electron chi connectivity index (χ2n) is 6.87. The molecule has 0 radical (unpaired) electrons. The summed E-state index contributed by atoms with van der Waals surface area (Å²) in [6.45, 7) is 2.70. The molecule has 0 aromatic rings. The van der Waals surface area contributed by atoms with Crippen molar-refractivity contribution in [3.05, 3.63) is 0 Å². The van der Waals surface area contributed by atoms with Crippen LogP contribution in [-0.2, 0) is 19.1 Å². The summed E-state index contributed by atoms with van der Waals surface area (Å²) in [4.78, 5) is 36.3. The first kappa shape index (κ1) is 18.5. The zero-order valence-electron chi connectivity index (χ0n) is 14.5. The van der Waals surface area contributed by atoms with Crippen molar-refractivity contribution in [2.75, 3.05) is 19.0 Å². The topological polar surface area (TPSA) is 93.7 Å². The van der Waals surface area contributed by atoms with E-state index in [4.69, 9.17) is 9.47 Å². The highest BCUT2D eigenvalue weighted by Crippen LogP contribution is 2.38. The van der Waals surface area contributed by atoms with Crippen LogP contribution in [0.3, 0.4) is 0 Å². The molecule has 2 N–H and O–H groups in total. The molecule has 3 fully saturated rings. The normalized spacial score (nSPS) is 34.2. The molecule has 25 heavy (non-hydrogen) atoms. The average molecular weight is 370 g/mol. The number of imide groups is 1. The van der Waals surface area contributed by atoms with Gasteiger partial charge in [0, 0.05) is 12.5 Å². The second kappa shape index (κ2) is 8.40. The largest absolute Gasteiger partial charge is 0.450 e. The zero-order valence-corrected chi connectivity index (χ0v) is 15.3. The van der Waals surface area contributed by atoms with Crippen LogP contribution in [0.2, 0.25) is 0 Å². The maximum atomic E-state index is 12.6. The van der Waals surface area contributed by atoms with Gasteiger partial charge < -0.3 is 14.8 Å². The zero-order chi connectivity index (χ0) is 17.8. The first-order valence-electron chi connectivity index (χ1n) is 9.09. The van der Waals surface area contributed by atoms with E-state index >= 15 is 0 Å². The first-order valence-corrected chi connectivity index (χ1v) is 10.1. The number of nitrogens with one attached hydrogen (secondary N) is 2. The number of hydrogen-bond acceptors (Lipinski definition) is 6. The molecule has 0 spiro atoms. The number of thioether (sulfide) groups is 1. The molecule has 5 atom stereocenters. The molecule has 3 amide bonds. The summed E-state index contributed by atoms with van der Waals surface area (Å²) < 4.78 is 10.4. The minimum atomic E-state index is -0.728. The lowest BCUT2D eigenvalue weighted by Crippen LogP contribution is -2.47. The molecule has 2 saturated heterocycles. The van der Waals surface area contributed by atoms with E-state index in [0.717, 1.165) is 38.0 Å². The Morgan fingerprint density at radius 3 is 2.80 bits per heavy atom. The van der Waals surface area contributed by atoms with Crippen LogP contribution in [-0.4, -0.2) is 48.4 Å². The van der Waals surface area contributed by atoms with Gasteiger partial charge in [0.2, 0.25) is 11.8 Å². The molecule has 7 nitrogen and oxygen atoms in total. The van der Waals surface area contributed by atoms with Crippen molar-refractivity contribution in [3.63, 3.8) is 0 Å². The van der Waals surface area contributed by atoms with Gasteiger partial charge in [-0.3, -0.25) is 14.9 Å². The summed E-state index contributed by atoms with van der Waals surface area (Å²) in [5, 5.41) is 5.01. The molecule has 0 aromatic heterocycles. The lowest BCUT2D eigenvalue weighted by molar-refractivity contribution is -0.128. The molecule has 1 aliphatic carbocycles. The fraction of sp³-hybridized carbons (Fsp3) is 0.824. The lowest BCUT2D eigenvalue weighted by Gasteiger charge is -2.31. The van der Waals surface area contributed by atoms with Crippen molar-refractivity contribution >= 4 is 29.7 Å². The van der Waals surface area contributed by atoms with E-state index in [1.54, 1.807) is 18.7 Å². The summed E-state index contributed by atoms with van der Waals surface area (Å²) in [7, 11) is 0. The Bertz CT molecular complexity index is 529. The highest BCUT2D eigenvalue weighted by Gasteiger charge is 2.40. The summed E-state index contributed by atoms with van der Waals surface area (Å²) in [6, 6.07) is 0. The van der Waals surface area contributed by atoms with Crippen molar-refractivity contribution < 1.29 is 23.9 Å². The van der Waals surface area contributed by atoms with Crippen molar-refractivity contribution in [2.24, 2.45) is 17.8 Å². The van der Waals surface area contributed by atoms with Crippen molar-refractivity contribution in [3.8, 4) is 0 Å². The van der Waals surface area contributed by atoms with Gasteiger partial charge in [0.25, 0.3) is 0 Å². The van der Waals surface area contributed by atoms with Gasteiger partial charge in [0.15, 0.2) is 0 Å². The van der Waals surface area contributed by atoms with Crippen LogP contribution < -0.4 is 10.6 Å². The molecular weight excluding hydrogens is 344 g/mol. The molecule has 140 valence electrons. The summed E-state index contributed by atoms with van der Waals surface area (Å²) in [5.41, 5.74) is 0. The van der Waals surface area contributed by atoms with Gasteiger partial charge in [-0.15, -0.1) is 11.8 Å². The van der Waals surface area contributed by atoms with Gasteiger partial charge in [-0.1, -0.05) is 0 Å². The Labute approximate surface area is 151 Å². The maximum absolute atomic E-state index is 12.6. The van der Waals surface area contributed by atoms with Crippen molar-refractivity contribution in [1.82, 2.24) is 10.6 Å². The summed E-state index contributed by atoms with van der Waals surface area (Å²) in [6.07, 6.45) is 3.92. The standard InChI is InChI=1S/C17H26N2O5S/c1-2-23-17(22)19-15(21)12-6-8-25-16(12)18-14(20)11-3-4-13-10(9-11)5-7-24-13/h10-13,16H,2-9H2,1H3,(H,18,20)(H,19,21,22). The Balaban J connectivity index is 1.51. The lowest BCUT2D eigenvalue weighted by atomic mass is 9.79. The highest BCUT2D eigenvalue weighted by molar-refractivity contribution is 8.00. The Morgan fingerprint density at radius 1 is 1.16 bits per heavy atom. The fourth-order valence-electron chi connectivity index (χ4n) is 3.99. The van der Waals surface area contributed by atoms with Crippen molar-refractivity contribution in [1.29, 1.82) is 0 Å². The molecule has 2 aliphatic heterocycles. The second-order valence-corrected chi connectivity index (χ2v) is 8.12. The van der Waals surface area contributed by atoms with E-state index in [1.807, 2.05) is 0 Å². The number of fused-ring (bicyclic) bond motifs is 1. The predicted octanol–water partition coefficient (Wildman–Crippen LogP) is 1.66. The van der Waals surface area contributed by atoms with Crippen LogP contribution in [0, 0.1) is 17.8 Å². The Kier molecular flexibility index (Phi) is 6.22. The van der Waals surface area contributed by atoms with Crippen LogP contribution in [0.1, 0.15) is 39.0 Å². The molecule has 0 aromatic carbocycles. The van der Waals surface area contributed by atoms with E-state index in [-0.39, 0.29) is 29.7 Å². The van der Waals surface area contributed by atoms with Crippen LogP contribution >= 0.6 is 11.8 Å². The average Bonchev–Trinajstić information content (AvgIpc) is 3.22. The maximum Gasteiger partial charge on any atom is 0.413 e. The number of carbonyl (C=O) groups is 3. The van der Waals surface area contributed by atoms with Gasteiger partial charge in [0.1, 0.15) is 0 Å². The molecule has 1 saturated carbocycles. The number of rotatable bonds is 4. The smallest absolute Gasteiger partial charge is 0.413 e. The van der Waals surface area contributed by atoms with Crippen molar-refractivity contribution in [2.45, 2.75) is 50.5 Å². The van der Waals surface area contributed by atoms with Crippen LogP contribution in [0.25, 0.3) is 0 Å². The van der Waals surface area contributed by atoms with Gasteiger partial charge in [-0.05, 0) is 50.7 Å². The number of alkyl carbamates (subject to hydrolysis) is 1. The SMILES string of the molecule is CCOC(=O)NC(=O)C1CCSC1NC(=O)C1CCC2OCCC2C1. The van der Waals surface area contributed by atoms with Gasteiger partial charge >= 0.3 is 6.09 Å². The Hall–Kier alpha value is -1.28. The van der Waals surface area contributed by atoms with Gasteiger partial charge in [-0.2, -0.15) is 0 Å². The molecule has 0 bridgehead atoms. The van der Waals surface area contributed by atoms with Crippen LogP contribution in [0.4, 0.5) is 4.79 Å². The highest BCUT2D eigenvalue weighted by atomic mass is 32.2. The third-order valence-electron chi connectivity index (χ3n) is 5.32. The predicted molar refractivity (Wildman–Crippen MR) is 92.8 cm³/mol. The number of amides is 3. The van der Waals surface area contributed by atoms with Crippen LogP contribution in [0.5, 0.6) is 0 Å². The monoisotopic (exact) mass is 370 g/mol. The van der Waals surface area contributed by atoms with E-state index in [1.165, 1.54) is 0 Å². The minimum absolute atomic E-state index is 0.00193. The molecule has 3 aliphatic rings. The summed E-state index contributed by atoms with van der Waals surface area (Å²) in [5.74, 6) is 0.529. The minimum Gasteiger partial charge on any atom is -0.450 e. The van der Waals surface area contributed by atoms with E-state index in [2.05, 4.69) is 10.6 Å². The first-order chi connectivity index (χ1) is 12.1. The quantitative estimate of drug-likeness (QED) is 0.782. The van der Waals surface area contributed by atoms with Gasteiger partial charge in [-0.25, -0.2) is 4.79 Å². The number of ether oxygens (including phenoxy) is 2. The van der Waals surface area contributed by atoms with E-state index in [0.29, 0.717) is 18.4 Å². The van der Waals surface area contributed by atoms with E-state index in [9.17, 15) is 14.4 Å². The summed E-state index contributed by atoms with van der Waals surface area (Å²) >= 11 is 1.56. The molecular formula is C17H26N2O5S. The Morgan fingerprint density at radius 2 is 2.00 bits per heavy atom. The molecule has 3 rings (SSSR count). The fourth-order valence-corrected chi connectivity index (χ4v) is 5.32. The third-order valence-corrected chi connectivity index (χ3v) is 6.59. The van der Waals surface area contributed by atoms with Crippen LogP contribution in [0.15, 0.2) is 0 Å². The molecule has 8 heteroatoms. The number of hydrogen-bond donors (Lipinski definition) is 2. The number of carbonyl (C=O) groups excluding carboxylic acids is 3. The van der Waals surface area contributed by atoms with Gasteiger partial charge in [0.05, 0.1) is 24.0 Å². The molecule has 5 unspecified atom stereocenters. The third kappa shape index (κ3) is 4.47. The molecule has 2 heterocycles.